The molecule has 1 aromatic rings. The van der Waals surface area contributed by atoms with Gasteiger partial charge >= 0.3 is 0 Å². The maximum absolute atomic E-state index is 5.62. The third-order valence-corrected chi connectivity index (χ3v) is 2.06. The molecule has 0 saturated heterocycles. The second kappa shape index (κ2) is 5.90. The van der Waals surface area contributed by atoms with Crippen molar-refractivity contribution in [2.45, 2.75) is 0 Å². The lowest BCUT2D eigenvalue weighted by Crippen LogP contribution is -2.36. The van der Waals surface area contributed by atoms with Crippen molar-refractivity contribution in [2.24, 2.45) is 10.7 Å². The summed E-state index contributed by atoms with van der Waals surface area (Å²) in [5, 5.41) is 0. The maximum atomic E-state index is 5.62. The summed E-state index contributed by atoms with van der Waals surface area (Å²) in [6.45, 7) is 1.31. The van der Waals surface area contributed by atoms with Gasteiger partial charge in [-0.1, -0.05) is 18.2 Å². The van der Waals surface area contributed by atoms with Crippen molar-refractivity contribution >= 4 is 5.96 Å². The molecule has 1 rings (SSSR count). The minimum Gasteiger partial charge on any atom is -0.492 e. The van der Waals surface area contributed by atoms with Gasteiger partial charge in [-0.2, -0.15) is 0 Å². The van der Waals surface area contributed by atoms with Crippen molar-refractivity contribution in [3.8, 4) is 5.75 Å². The fraction of sp³-hybridized carbons (Fsp3) is 0.364. The average molecular weight is 207 g/mol. The third-order valence-electron chi connectivity index (χ3n) is 2.06. The lowest BCUT2D eigenvalue weighted by atomic mass is 10.3. The predicted molar refractivity (Wildman–Crippen MR) is 62.1 cm³/mol. The van der Waals surface area contributed by atoms with Crippen LogP contribution in [0.1, 0.15) is 0 Å². The molecule has 0 radical (unpaired) electrons. The second-order valence-electron chi connectivity index (χ2n) is 3.16. The van der Waals surface area contributed by atoms with Crippen molar-refractivity contribution in [3.05, 3.63) is 30.3 Å². The van der Waals surface area contributed by atoms with E-state index < -0.39 is 0 Å². The summed E-state index contributed by atoms with van der Waals surface area (Å²) in [7, 11) is 3.56. The Kier molecular flexibility index (Phi) is 4.47. The maximum Gasteiger partial charge on any atom is 0.190 e. The van der Waals surface area contributed by atoms with Crippen molar-refractivity contribution in [2.75, 3.05) is 27.2 Å². The molecule has 0 fully saturated rings. The van der Waals surface area contributed by atoms with Crippen LogP contribution in [0.5, 0.6) is 5.75 Å². The zero-order valence-electron chi connectivity index (χ0n) is 9.18. The summed E-state index contributed by atoms with van der Waals surface area (Å²) < 4.78 is 5.52. The molecule has 0 bridgehead atoms. The van der Waals surface area contributed by atoms with Crippen molar-refractivity contribution < 1.29 is 4.74 Å². The molecule has 0 aliphatic carbocycles. The van der Waals surface area contributed by atoms with E-state index in [1.165, 1.54) is 0 Å². The number of hydrogen-bond acceptors (Lipinski definition) is 2. The van der Waals surface area contributed by atoms with E-state index in [9.17, 15) is 0 Å². The Morgan fingerprint density at radius 3 is 2.67 bits per heavy atom. The smallest absolute Gasteiger partial charge is 0.190 e. The lowest BCUT2D eigenvalue weighted by molar-refractivity contribution is 0.283. The van der Waals surface area contributed by atoms with Gasteiger partial charge in [0.05, 0.1) is 6.54 Å². The SMILES string of the molecule is CN=C(N)N(C)CCOc1ccccc1. The number of nitrogens with two attached hydrogens (primary N) is 1. The van der Waals surface area contributed by atoms with Crippen molar-refractivity contribution in [1.82, 2.24) is 4.90 Å². The van der Waals surface area contributed by atoms with E-state index in [0.717, 1.165) is 12.3 Å². The molecule has 1 aromatic carbocycles. The number of rotatable bonds is 4. The highest BCUT2D eigenvalue weighted by Crippen LogP contribution is 2.07. The first-order valence-electron chi connectivity index (χ1n) is 4.85. The summed E-state index contributed by atoms with van der Waals surface area (Å²) in [4.78, 5) is 5.73. The van der Waals surface area contributed by atoms with Crippen molar-refractivity contribution in [3.63, 3.8) is 0 Å². The van der Waals surface area contributed by atoms with E-state index in [1.807, 2.05) is 42.3 Å². The molecule has 0 aliphatic rings. The van der Waals surface area contributed by atoms with E-state index in [4.69, 9.17) is 10.5 Å². The molecule has 15 heavy (non-hydrogen) atoms. The monoisotopic (exact) mass is 207 g/mol. The van der Waals surface area contributed by atoms with Gasteiger partial charge in [-0.15, -0.1) is 0 Å². The molecule has 0 aromatic heterocycles. The van der Waals surface area contributed by atoms with Crippen LogP contribution in [-0.4, -0.2) is 38.1 Å². The van der Waals surface area contributed by atoms with Crippen LogP contribution < -0.4 is 10.5 Å². The van der Waals surface area contributed by atoms with Crippen LogP contribution in [0.4, 0.5) is 0 Å². The molecule has 82 valence electrons. The first-order chi connectivity index (χ1) is 7.24. The Balaban J connectivity index is 2.28. The van der Waals surface area contributed by atoms with Gasteiger partial charge in [0.2, 0.25) is 0 Å². The van der Waals surface area contributed by atoms with E-state index >= 15 is 0 Å². The Morgan fingerprint density at radius 2 is 2.07 bits per heavy atom. The molecule has 0 saturated carbocycles. The highest BCUT2D eigenvalue weighted by molar-refractivity contribution is 5.77. The Hall–Kier alpha value is -1.71. The molecule has 0 unspecified atom stereocenters. The van der Waals surface area contributed by atoms with Gasteiger partial charge in [0.1, 0.15) is 12.4 Å². The molecular weight excluding hydrogens is 190 g/mol. The molecule has 4 nitrogen and oxygen atoms in total. The van der Waals surface area contributed by atoms with Gasteiger partial charge in [0, 0.05) is 14.1 Å². The first kappa shape index (κ1) is 11.4. The van der Waals surface area contributed by atoms with E-state index in [2.05, 4.69) is 4.99 Å². The number of benzene rings is 1. The summed E-state index contributed by atoms with van der Waals surface area (Å²) in [6.07, 6.45) is 0. The predicted octanol–water partition coefficient (Wildman–Crippen LogP) is 0.942. The zero-order chi connectivity index (χ0) is 11.1. The van der Waals surface area contributed by atoms with E-state index in [1.54, 1.807) is 7.05 Å². The van der Waals surface area contributed by atoms with Crippen LogP contribution in [0.3, 0.4) is 0 Å². The number of likely N-dealkylation sites (N-methyl/N-ethyl adjacent to an activating group) is 1. The van der Waals surface area contributed by atoms with Gasteiger partial charge < -0.3 is 15.4 Å². The topological polar surface area (TPSA) is 50.8 Å². The number of aliphatic imine (C=N–C) groups is 1. The van der Waals surface area contributed by atoms with Crippen LogP contribution in [0.15, 0.2) is 35.3 Å². The van der Waals surface area contributed by atoms with Crippen LogP contribution in [0.25, 0.3) is 0 Å². The second-order valence-corrected chi connectivity index (χ2v) is 3.16. The van der Waals surface area contributed by atoms with Crippen LogP contribution in [0.2, 0.25) is 0 Å². The lowest BCUT2D eigenvalue weighted by Gasteiger charge is -2.17. The normalized spacial score (nSPS) is 11.2. The van der Waals surface area contributed by atoms with Gasteiger partial charge in [-0.3, -0.25) is 4.99 Å². The Morgan fingerprint density at radius 1 is 1.40 bits per heavy atom. The van der Waals surface area contributed by atoms with E-state index in [0.29, 0.717) is 12.6 Å². The fourth-order valence-corrected chi connectivity index (χ4v) is 1.10. The average Bonchev–Trinajstić information content (AvgIpc) is 2.29. The number of hydrogen-bond donors (Lipinski definition) is 1. The fourth-order valence-electron chi connectivity index (χ4n) is 1.10. The van der Waals surface area contributed by atoms with Gasteiger partial charge in [0.25, 0.3) is 0 Å². The molecule has 0 aliphatic heterocycles. The van der Waals surface area contributed by atoms with Crippen LogP contribution in [-0.2, 0) is 0 Å². The third kappa shape index (κ3) is 3.89. The van der Waals surface area contributed by atoms with Gasteiger partial charge in [-0.25, -0.2) is 0 Å². The summed E-state index contributed by atoms with van der Waals surface area (Å²) in [6, 6.07) is 9.71. The molecule has 4 heteroatoms. The van der Waals surface area contributed by atoms with Crippen LogP contribution in [0, 0.1) is 0 Å². The summed E-state index contributed by atoms with van der Waals surface area (Å²) in [5.74, 6) is 1.39. The molecule has 0 amide bonds. The minimum atomic E-state index is 0.520. The molecular formula is C11H17N3O. The van der Waals surface area contributed by atoms with Gasteiger partial charge in [0.15, 0.2) is 5.96 Å². The quantitative estimate of drug-likeness (QED) is 0.590. The van der Waals surface area contributed by atoms with E-state index in [-0.39, 0.29) is 0 Å². The molecule has 0 spiro atoms. The number of guanidine groups is 1. The summed E-state index contributed by atoms with van der Waals surface area (Å²) >= 11 is 0. The number of nitrogens with zero attached hydrogens (tertiary/aromatic N) is 2. The van der Waals surface area contributed by atoms with Crippen molar-refractivity contribution in [1.29, 1.82) is 0 Å². The highest BCUT2D eigenvalue weighted by Gasteiger charge is 2.00. The minimum absolute atomic E-state index is 0.520. The summed E-state index contributed by atoms with van der Waals surface area (Å²) in [5.41, 5.74) is 5.62. The van der Waals surface area contributed by atoms with Gasteiger partial charge in [-0.05, 0) is 12.1 Å². The molecule has 0 atom stereocenters. The first-order valence-corrected chi connectivity index (χ1v) is 4.85. The Labute approximate surface area is 90.4 Å². The standard InChI is InChI=1S/C11H17N3O/c1-13-11(12)14(2)8-9-15-10-6-4-3-5-7-10/h3-7H,8-9H2,1-2H3,(H2,12,13). The number of para-hydroxylation sites is 1. The highest BCUT2D eigenvalue weighted by atomic mass is 16.5. The Bertz CT molecular complexity index is 311. The number of ether oxygens (including phenoxy) is 1. The molecule has 0 heterocycles. The largest absolute Gasteiger partial charge is 0.492 e. The zero-order valence-corrected chi connectivity index (χ0v) is 9.18. The molecule has 2 N–H and O–H groups in total. The van der Waals surface area contributed by atoms with Crippen LogP contribution >= 0.6 is 0 Å².